The van der Waals surface area contributed by atoms with Gasteiger partial charge in [0.05, 0.1) is 17.1 Å². The fraction of sp³-hybridized carbons (Fsp3) is 0.273. The molecular weight excluding hydrogens is 380 g/mol. The van der Waals surface area contributed by atoms with Crippen molar-refractivity contribution in [1.29, 1.82) is 0 Å². The van der Waals surface area contributed by atoms with Crippen molar-refractivity contribution in [3.05, 3.63) is 82.3 Å². The number of hydrogen-bond acceptors (Lipinski definition) is 6. The number of imidazole rings is 1. The van der Waals surface area contributed by atoms with Gasteiger partial charge in [-0.15, -0.1) is 0 Å². The second-order valence-electron chi connectivity index (χ2n) is 7.22. The number of pyridine rings is 1. The Labute approximate surface area is 175 Å². The van der Waals surface area contributed by atoms with E-state index in [1.165, 1.54) is 35.9 Å². The standard InChI is InChI=1S/C22H26N6S/c23-9-16-1-3-17(4-2-16)11-26-29-21(10-24)13-25-12-20-15-28-14-19(18-5-6-18)7-8-22(28)27-20/h1-4,7-8,10,13-15,18,26H,5-6,9,11-12,23-24H2/b21-10+,25-13?. The predicted molar refractivity (Wildman–Crippen MR) is 120 cm³/mol. The van der Waals surface area contributed by atoms with E-state index >= 15 is 0 Å². The zero-order valence-electron chi connectivity index (χ0n) is 16.3. The minimum Gasteiger partial charge on any atom is -0.404 e. The van der Waals surface area contributed by atoms with Crippen LogP contribution in [0.3, 0.4) is 0 Å². The fourth-order valence-corrected chi connectivity index (χ4v) is 3.73. The van der Waals surface area contributed by atoms with Crippen molar-refractivity contribution in [2.45, 2.75) is 38.4 Å². The Morgan fingerprint density at radius 3 is 2.69 bits per heavy atom. The van der Waals surface area contributed by atoms with Crippen LogP contribution in [0.1, 0.15) is 41.1 Å². The highest BCUT2D eigenvalue weighted by atomic mass is 32.2. The van der Waals surface area contributed by atoms with E-state index in [0.29, 0.717) is 13.1 Å². The van der Waals surface area contributed by atoms with Gasteiger partial charge in [0.15, 0.2) is 0 Å². The molecule has 1 aliphatic rings. The van der Waals surface area contributed by atoms with Crippen LogP contribution in [0.4, 0.5) is 0 Å². The van der Waals surface area contributed by atoms with Crippen LogP contribution in [-0.2, 0) is 19.6 Å². The summed E-state index contributed by atoms with van der Waals surface area (Å²) in [6, 6.07) is 12.5. The predicted octanol–water partition coefficient (Wildman–Crippen LogP) is 3.48. The summed E-state index contributed by atoms with van der Waals surface area (Å²) in [6.45, 7) is 1.82. The van der Waals surface area contributed by atoms with Gasteiger partial charge in [0.25, 0.3) is 0 Å². The monoisotopic (exact) mass is 406 g/mol. The first-order chi connectivity index (χ1) is 14.2. The summed E-state index contributed by atoms with van der Waals surface area (Å²) < 4.78 is 5.41. The summed E-state index contributed by atoms with van der Waals surface area (Å²) in [6.07, 6.45) is 10.2. The van der Waals surface area contributed by atoms with Gasteiger partial charge in [-0.2, -0.15) is 0 Å². The summed E-state index contributed by atoms with van der Waals surface area (Å²) in [4.78, 5) is 10.0. The van der Waals surface area contributed by atoms with Crippen LogP contribution in [0.25, 0.3) is 5.65 Å². The number of rotatable bonds is 9. The lowest BCUT2D eigenvalue weighted by Gasteiger charge is -2.05. The molecule has 1 fully saturated rings. The third-order valence-electron chi connectivity index (χ3n) is 4.93. The molecule has 0 unspecified atom stereocenters. The van der Waals surface area contributed by atoms with Gasteiger partial charge in [-0.25, -0.2) is 4.98 Å². The summed E-state index contributed by atoms with van der Waals surface area (Å²) in [5.41, 5.74) is 17.0. The number of hydrogen-bond donors (Lipinski definition) is 3. The topological polar surface area (TPSA) is 93.7 Å². The number of allylic oxidation sites excluding steroid dienone is 1. The molecule has 0 spiro atoms. The lowest BCUT2D eigenvalue weighted by atomic mass is 10.1. The van der Waals surface area contributed by atoms with Crippen molar-refractivity contribution >= 4 is 23.8 Å². The molecule has 0 saturated heterocycles. The van der Waals surface area contributed by atoms with Crippen molar-refractivity contribution in [2.75, 3.05) is 0 Å². The lowest BCUT2D eigenvalue weighted by molar-refractivity contribution is 0.973. The number of nitrogens with two attached hydrogens (primary N) is 2. The first kappa shape index (κ1) is 19.7. The van der Waals surface area contributed by atoms with E-state index in [1.54, 1.807) is 12.4 Å². The molecular formula is C22H26N6S. The van der Waals surface area contributed by atoms with Crippen LogP contribution >= 0.6 is 11.9 Å². The summed E-state index contributed by atoms with van der Waals surface area (Å²) in [7, 11) is 0. The van der Waals surface area contributed by atoms with E-state index in [-0.39, 0.29) is 0 Å². The molecule has 0 radical (unpaired) electrons. The molecule has 1 aromatic carbocycles. The summed E-state index contributed by atoms with van der Waals surface area (Å²) in [5, 5.41) is 0. The minimum absolute atomic E-state index is 0.527. The minimum atomic E-state index is 0.527. The third kappa shape index (κ3) is 5.26. The van der Waals surface area contributed by atoms with Gasteiger partial charge in [-0.1, -0.05) is 30.3 Å². The number of aliphatic imine (C=N–C) groups is 1. The number of aromatic nitrogens is 2. The van der Waals surface area contributed by atoms with Crippen molar-refractivity contribution in [1.82, 2.24) is 14.1 Å². The van der Waals surface area contributed by atoms with Crippen LogP contribution in [0.15, 0.2) is 64.9 Å². The van der Waals surface area contributed by atoms with Crippen LogP contribution in [0.5, 0.6) is 0 Å². The molecule has 3 aromatic rings. The largest absolute Gasteiger partial charge is 0.404 e. The van der Waals surface area contributed by atoms with Crippen molar-refractivity contribution < 1.29 is 0 Å². The van der Waals surface area contributed by atoms with E-state index in [1.807, 2.05) is 12.1 Å². The van der Waals surface area contributed by atoms with Gasteiger partial charge < -0.3 is 15.9 Å². The normalized spacial score (nSPS) is 14.9. The Kier molecular flexibility index (Phi) is 6.29. The maximum atomic E-state index is 5.73. The van der Waals surface area contributed by atoms with Crippen LogP contribution in [0, 0.1) is 0 Å². The quantitative estimate of drug-likeness (QED) is 0.374. The van der Waals surface area contributed by atoms with Gasteiger partial charge in [0, 0.05) is 37.9 Å². The van der Waals surface area contributed by atoms with E-state index in [0.717, 1.165) is 34.3 Å². The van der Waals surface area contributed by atoms with Crippen molar-refractivity contribution in [3.63, 3.8) is 0 Å². The average molecular weight is 407 g/mol. The molecule has 29 heavy (non-hydrogen) atoms. The molecule has 6 nitrogen and oxygen atoms in total. The Hall–Kier alpha value is -2.61. The number of nitrogens with zero attached hydrogens (tertiary/aromatic N) is 3. The molecule has 150 valence electrons. The zero-order valence-corrected chi connectivity index (χ0v) is 17.1. The molecule has 0 aliphatic heterocycles. The van der Waals surface area contributed by atoms with E-state index in [9.17, 15) is 0 Å². The fourth-order valence-electron chi connectivity index (χ4n) is 3.12. The first-order valence-corrected chi connectivity index (χ1v) is 10.6. The maximum absolute atomic E-state index is 5.73. The van der Waals surface area contributed by atoms with Crippen LogP contribution in [0.2, 0.25) is 0 Å². The number of fused-ring (bicyclic) bond motifs is 1. The number of nitrogens with one attached hydrogen (secondary N) is 1. The van der Waals surface area contributed by atoms with Crippen LogP contribution in [-0.4, -0.2) is 15.6 Å². The Morgan fingerprint density at radius 2 is 1.97 bits per heavy atom. The SMILES string of the molecule is N/C=C(\C=NCc1cn2cc(C3CC3)ccc2n1)SNCc1ccc(CN)cc1. The molecule has 1 saturated carbocycles. The third-order valence-corrected chi connectivity index (χ3v) is 5.70. The molecule has 4 rings (SSSR count). The molecule has 0 atom stereocenters. The lowest BCUT2D eigenvalue weighted by Crippen LogP contribution is -2.05. The number of benzene rings is 1. The molecule has 7 heteroatoms. The first-order valence-electron chi connectivity index (χ1n) is 9.82. The Bertz CT molecular complexity index is 1020. The Morgan fingerprint density at radius 1 is 1.17 bits per heavy atom. The van der Waals surface area contributed by atoms with Gasteiger partial charge in [-0.05, 0) is 53.5 Å². The molecule has 0 amide bonds. The highest BCUT2D eigenvalue weighted by molar-refractivity contribution is 8.02. The molecule has 5 N–H and O–H groups in total. The van der Waals surface area contributed by atoms with Gasteiger partial charge in [0.2, 0.25) is 0 Å². The van der Waals surface area contributed by atoms with Gasteiger partial charge in [-0.3, -0.25) is 9.71 Å². The summed E-state index contributed by atoms with van der Waals surface area (Å²) >= 11 is 1.47. The van der Waals surface area contributed by atoms with E-state index < -0.39 is 0 Å². The second kappa shape index (κ2) is 9.26. The maximum Gasteiger partial charge on any atom is 0.137 e. The smallest absolute Gasteiger partial charge is 0.137 e. The summed E-state index contributed by atoms with van der Waals surface area (Å²) in [5.74, 6) is 0.739. The molecule has 0 bridgehead atoms. The second-order valence-corrected chi connectivity index (χ2v) is 8.18. The van der Waals surface area contributed by atoms with E-state index in [2.05, 4.69) is 55.8 Å². The molecule has 1 aliphatic carbocycles. The van der Waals surface area contributed by atoms with Gasteiger partial charge in [0.1, 0.15) is 5.65 Å². The zero-order chi connectivity index (χ0) is 20.1. The molecule has 2 heterocycles. The average Bonchev–Trinajstić information content (AvgIpc) is 3.52. The Balaban J connectivity index is 1.28. The molecule has 2 aromatic heterocycles. The van der Waals surface area contributed by atoms with Crippen molar-refractivity contribution in [3.8, 4) is 0 Å². The highest BCUT2D eigenvalue weighted by Crippen LogP contribution is 2.39. The van der Waals surface area contributed by atoms with Crippen LogP contribution < -0.4 is 16.2 Å². The van der Waals surface area contributed by atoms with Gasteiger partial charge >= 0.3 is 0 Å². The highest BCUT2D eigenvalue weighted by Gasteiger charge is 2.23. The van der Waals surface area contributed by atoms with Crippen molar-refractivity contribution in [2.24, 2.45) is 16.5 Å². The van der Waals surface area contributed by atoms with E-state index in [4.69, 9.17) is 11.5 Å².